The number of nitrogens with one attached hydrogen (secondary N) is 1. The summed E-state index contributed by atoms with van der Waals surface area (Å²) < 4.78 is 11.2. The standard InChI is InChI=1S/C49H93NO8/c1-3-5-7-9-11-13-15-17-19-21-23-24-26-28-30-32-34-36-38-43(52)42(41-57-49-48(56)47(55)46(54)44(40-51)58-49)50-45(53)39-37-35-33-31-29-27-25-22-20-18-16-14-12-10-8-6-4-2/h28,30,36,38,42-44,46-49,51-52,54-56H,3-27,29,31-35,37,39-41H2,1-2H3,(H,50,53)/b30-28+,38-36+. The molecular formula is C49H93NO8. The van der Waals surface area contributed by atoms with E-state index in [-0.39, 0.29) is 12.5 Å². The van der Waals surface area contributed by atoms with Crippen LogP contribution in [0.4, 0.5) is 0 Å². The molecule has 1 amide bonds. The van der Waals surface area contributed by atoms with Gasteiger partial charge in [0.2, 0.25) is 5.91 Å². The van der Waals surface area contributed by atoms with Gasteiger partial charge < -0.3 is 40.3 Å². The Kier molecular flexibility index (Phi) is 37.5. The van der Waals surface area contributed by atoms with Crippen molar-refractivity contribution in [3.63, 3.8) is 0 Å². The van der Waals surface area contributed by atoms with Crippen molar-refractivity contribution in [2.45, 2.75) is 269 Å². The monoisotopic (exact) mass is 824 g/mol. The Morgan fingerprint density at radius 3 is 1.45 bits per heavy atom. The van der Waals surface area contributed by atoms with Gasteiger partial charge in [-0.1, -0.05) is 212 Å². The van der Waals surface area contributed by atoms with E-state index in [1.807, 2.05) is 6.08 Å². The normalized spacial score (nSPS) is 21.0. The molecule has 0 spiro atoms. The molecule has 1 aliphatic heterocycles. The Morgan fingerprint density at radius 2 is 0.983 bits per heavy atom. The van der Waals surface area contributed by atoms with Crippen molar-refractivity contribution in [2.24, 2.45) is 0 Å². The van der Waals surface area contributed by atoms with Crippen LogP contribution in [0.3, 0.4) is 0 Å². The molecule has 1 rings (SSSR count). The molecule has 7 atom stereocenters. The molecule has 0 aromatic carbocycles. The van der Waals surface area contributed by atoms with Crippen molar-refractivity contribution in [2.75, 3.05) is 13.2 Å². The summed E-state index contributed by atoms with van der Waals surface area (Å²) in [6, 6.07) is -0.816. The number of unbranched alkanes of at least 4 members (excludes halogenated alkanes) is 29. The largest absolute Gasteiger partial charge is 0.394 e. The molecule has 0 saturated carbocycles. The summed E-state index contributed by atoms with van der Waals surface area (Å²) in [5.74, 6) is -0.184. The van der Waals surface area contributed by atoms with Crippen molar-refractivity contribution < 1.29 is 39.8 Å². The molecule has 9 heteroatoms. The average Bonchev–Trinajstić information content (AvgIpc) is 3.22. The van der Waals surface area contributed by atoms with Crippen LogP contribution in [0, 0.1) is 0 Å². The number of carbonyl (C=O) groups is 1. The molecule has 0 bridgehead atoms. The third kappa shape index (κ3) is 29.8. The second-order valence-corrected chi connectivity index (χ2v) is 17.3. The lowest BCUT2D eigenvalue weighted by atomic mass is 9.99. The van der Waals surface area contributed by atoms with Gasteiger partial charge in [-0.2, -0.15) is 0 Å². The molecule has 1 aliphatic rings. The molecule has 0 aromatic heterocycles. The van der Waals surface area contributed by atoms with Gasteiger partial charge in [0.1, 0.15) is 24.4 Å². The number of ether oxygens (including phenoxy) is 2. The number of rotatable bonds is 41. The molecule has 1 fully saturated rings. The molecule has 9 nitrogen and oxygen atoms in total. The van der Waals surface area contributed by atoms with E-state index in [0.717, 1.165) is 38.5 Å². The highest BCUT2D eigenvalue weighted by atomic mass is 16.7. The summed E-state index contributed by atoms with van der Waals surface area (Å²) in [4.78, 5) is 13.0. The van der Waals surface area contributed by atoms with Crippen molar-refractivity contribution in [3.05, 3.63) is 24.3 Å². The van der Waals surface area contributed by atoms with Gasteiger partial charge >= 0.3 is 0 Å². The van der Waals surface area contributed by atoms with Crippen molar-refractivity contribution >= 4 is 5.91 Å². The van der Waals surface area contributed by atoms with Crippen molar-refractivity contribution in [1.82, 2.24) is 5.32 Å². The average molecular weight is 824 g/mol. The lowest BCUT2D eigenvalue weighted by Gasteiger charge is -2.40. The Bertz CT molecular complexity index is 961. The van der Waals surface area contributed by atoms with Gasteiger partial charge in [-0.3, -0.25) is 4.79 Å². The fraction of sp³-hybridized carbons (Fsp3) is 0.898. The van der Waals surface area contributed by atoms with Crippen LogP contribution in [-0.2, 0) is 14.3 Å². The number of amides is 1. The highest BCUT2D eigenvalue weighted by Crippen LogP contribution is 2.23. The van der Waals surface area contributed by atoms with Gasteiger partial charge in [-0.15, -0.1) is 0 Å². The number of carbonyl (C=O) groups excluding carboxylic acids is 1. The predicted octanol–water partition coefficient (Wildman–Crippen LogP) is 10.7. The number of aliphatic hydroxyl groups is 5. The number of hydrogen-bond donors (Lipinski definition) is 6. The van der Waals surface area contributed by atoms with E-state index >= 15 is 0 Å². The lowest BCUT2D eigenvalue weighted by Crippen LogP contribution is -2.60. The SMILES string of the molecule is CCCCCCCCCCCCCC/C=C/CC/C=C/C(O)C(COC1OC(CO)C(O)C(O)C1O)NC(=O)CCCCCCCCCCCCCCCCCCC. The zero-order valence-electron chi connectivity index (χ0n) is 37.6. The van der Waals surface area contributed by atoms with Crippen LogP contribution in [0.15, 0.2) is 24.3 Å². The van der Waals surface area contributed by atoms with E-state index in [1.54, 1.807) is 6.08 Å². The summed E-state index contributed by atoms with van der Waals surface area (Å²) in [5, 5.41) is 54.2. The van der Waals surface area contributed by atoms with E-state index in [0.29, 0.717) is 6.42 Å². The maximum atomic E-state index is 13.0. The number of hydrogen-bond acceptors (Lipinski definition) is 8. The summed E-state index contributed by atoms with van der Waals surface area (Å²) >= 11 is 0. The molecular weight excluding hydrogens is 731 g/mol. The van der Waals surface area contributed by atoms with Gasteiger partial charge in [-0.05, 0) is 32.1 Å². The Balaban J connectivity index is 2.34. The molecule has 0 radical (unpaired) electrons. The maximum absolute atomic E-state index is 13.0. The van der Waals surface area contributed by atoms with Crippen molar-refractivity contribution in [3.8, 4) is 0 Å². The van der Waals surface area contributed by atoms with Gasteiger partial charge in [0.15, 0.2) is 6.29 Å². The molecule has 7 unspecified atom stereocenters. The predicted molar refractivity (Wildman–Crippen MR) is 240 cm³/mol. The van der Waals surface area contributed by atoms with E-state index in [9.17, 15) is 30.3 Å². The van der Waals surface area contributed by atoms with Crippen LogP contribution >= 0.6 is 0 Å². The van der Waals surface area contributed by atoms with Gasteiger partial charge in [0.05, 0.1) is 25.4 Å². The molecule has 1 heterocycles. The second-order valence-electron chi connectivity index (χ2n) is 17.3. The molecule has 0 aromatic rings. The number of aliphatic hydroxyl groups excluding tert-OH is 5. The summed E-state index contributed by atoms with van der Waals surface area (Å²) in [6.07, 6.45) is 40.8. The van der Waals surface area contributed by atoms with Gasteiger partial charge in [0.25, 0.3) is 0 Å². The van der Waals surface area contributed by atoms with E-state index < -0.39 is 49.5 Å². The maximum Gasteiger partial charge on any atom is 0.220 e. The molecule has 58 heavy (non-hydrogen) atoms. The third-order valence-corrected chi connectivity index (χ3v) is 11.8. The number of allylic oxidation sites excluding steroid dienone is 3. The van der Waals surface area contributed by atoms with Crippen LogP contribution in [-0.4, -0.2) is 87.5 Å². The fourth-order valence-corrected chi connectivity index (χ4v) is 7.82. The molecule has 0 aliphatic carbocycles. The summed E-state index contributed by atoms with van der Waals surface area (Å²) in [5.41, 5.74) is 0. The first-order valence-corrected chi connectivity index (χ1v) is 24.6. The first-order valence-electron chi connectivity index (χ1n) is 24.6. The van der Waals surface area contributed by atoms with Crippen LogP contribution in [0.5, 0.6) is 0 Å². The highest BCUT2D eigenvalue weighted by molar-refractivity contribution is 5.76. The van der Waals surface area contributed by atoms with E-state index in [4.69, 9.17) is 9.47 Å². The minimum absolute atomic E-state index is 0.184. The molecule has 1 saturated heterocycles. The first kappa shape index (κ1) is 54.7. The first-order chi connectivity index (χ1) is 28.3. The zero-order valence-corrected chi connectivity index (χ0v) is 37.6. The zero-order chi connectivity index (χ0) is 42.3. The topological polar surface area (TPSA) is 149 Å². The van der Waals surface area contributed by atoms with Crippen molar-refractivity contribution in [1.29, 1.82) is 0 Å². The quantitative estimate of drug-likeness (QED) is 0.0264. The molecule has 6 N–H and O–H groups in total. The smallest absolute Gasteiger partial charge is 0.220 e. The molecule has 342 valence electrons. The van der Waals surface area contributed by atoms with Crippen LogP contribution in [0.2, 0.25) is 0 Å². The summed E-state index contributed by atoms with van der Waals surface area (Å²) in [6.45, 7) is 3.77. The van der Waals surface area contributed by atoms with E-state index in [1.165, 1.54) is 167 Å². The van der Waals surface area contributed by atoms with E-state index in [2.05, 4.69) is 31.3 Å². The highest BCUT2D eigenvalue weighted by Gasteiger charge is 2.44. The van der Waals surface area contributed by atoms with Gasteiger partial charge in [0, 0.05) is 6.42 Å². The Morgan fingerprint density at radius 1 is 0.569 bits per heavy atom. The lowest BCUT2D eigenvalue weighted by molar-refractivity contribution is -0.302. The van der Waals surface area contributed by atoms with Crippen LogP contribution in [0.1, 0.15) is 226 Å². The minimum atomic E-state index is -1.57. The Labute approximate surface area is 356 Å². The second kappa shape index (κ2) is 39.8. The van der Waals surface area contributed by atoms with Crippen LogP contribution in [0.25, 0.3) is 0 Å². The summed E-state index contributed by atoms with van der Waals surface area (Å²) in [7, 11) is 0. The minimum Gasteiger partial charge on any atom is -0.394 e. The Hall–Kier alpha value is -1.33. The third-order valence-electron chi connectivity index (χ3n) is 11.8. The van der Waals surface area contributed by atoms with Gasteiger partial charge in [-0.25, -0.2) is 0 Å². The fourth-order valence-electron chi connectivity index (χ4n) is 7.82. The van der Waals surface area contributed by atoms with Crippen LogP contribution < -0.4 is 5.32 Å².